The van der Waals surface area contributed by atoms with Crippen molar-refractivity contribution in [3.05, 3.63) is 41.2 Å². The lowest BCUT2D eigenvalue weighted by Crippen LogP contribution is -2.34. The van der Waals surface area contributed by atoms with Gasteiger partial charge in [-0.1, -0.05) is 67.5 Å². The number of carbonyl (C=O) groups is 1. The molecule has 0 fully saturated rings. The highest BCUT2D eigenvalue weighted by atomic mass is 16.5. The zero-order chi connectivity index (χ0) is 25.9. The highest BCUT2D eigenvalue weighted by molar-refractivity contribution is 5.77. The molecule has 0 saturated carbocycles. The van der Waals surface area contributed by atoms with Crippen LogP contribution in [0.2, 0.25) is 0 Å². The Labute approximate surface area is 208 Å². The summed E-state index contributed by atoms with van der Waals surface area (Å²) >= 11 is 0. The van der Waals surface area contributed by atoms with Crippen molar-refractivity contribution in [2.75, 3.05) is 26.8 Å². The first-order valence-electron chi connectivity index (χ1n) is 13.0. The van der Waals surface area contributed by atoms with Crippen LogP contribution in [0.4, 0.5) is 0 Å². The van der Waals surface area contributed by atoms with Gasteiger partial charge in [-0.3, -0.25) is 4.79 Å². The average Bonchev–Trinajstić information content (AvgIpc) is 2.81. The van der Waals surface area contributed by atoms with Gasteiger partial charge in [-0.25, -0.2) is 0 Å². The maximum Gasteiger partial charge on any atom is 0.260 e. The summed E-state index contributed by atoms with van der Waals surface area (Å²) in [6.07, 6.45) is 5.89. The molecule has 34 heavy (non-hydrogen) atoms. The normalized spacial score (nSPS) is 13.5. The van der Waals surface area contributed by atoms with E-state index in [1.165, 1.54) is 5.56 Å². The van der Waals surface area contributed by atoms with Gasteiger partial charge >= 0.3 is 0 Å². The Hall–Kier alpha value is -2.01. The van der Waals surface area contributed by atoms with Crippen molar-refractivity contribution in [3.8, 4) is 5.75 Å². The molecule has 5 heteroatoms. The molecule has 0 bridgehead atoms. The summed E-state index contributed by atoms with van der Waals surface area (Å²) in [5, 5.41) is 10.4. The number of aliphatic hydroxyl groups excluding tert-OH is 1. The van der Waals surface area contributed by atoms with Crippen molar-refractivity contribution >= 4 is 5.91 Å². The fraction of sp³-hybridized carbons (Fsp3) is 0.690. The van der Waals surface area contributed by atoms with Gasteiger partial charge in [0, 0.05) is 13.6 Å². The summed E-state index contributed by atoms with van der Waals surface area (Å²) in [5.41, 5.74) is 1.74. The molecule has 194 valence electrons. The fourth-order valence-electron chi connectivity index (χ4n) is 4.15. The fourth-order valence-corrected chi connectivity index (χ4v) is 4.15. The Balaban J connectivity index is 3.26. The summed E-state index contributed by atoms with van der Waals surface area (Å²) in [5.74, 6) is 1.69. The van der Waals surface area contributed by atoms with E-state index in [9.17, 15) is 9.90 Å². The van der Waals surface area contributed by atoms with Crippen LogP contribution in [0.15, 0.2) is 30.0 Å². The van der Waals surface area contributed by atoms with E-state index in [1.807, 2.05) is 33.9 Å². The van der Waals surface area contributed by atoms with Crippen LogP contribution >= 0.6 is 0 Å². The highest BCUT2D eigenvalue weighted by Crippen LogP contribution is 2.41. The summed E-state index contributed by atoms with van der Waals surface area (Å²) in [6.45, 7) is 17.7. The van der Waals surface area contributed by atoms with Gasteiger partial charge in [0.05, 0.1) is 11.5 Å². The highest BCUT2D eigenvalue weighted by Gasteiger charge is 2.35. The zero-order valence-corrected chi connectivity index (χ0v) is 23.2. The monoisotopic (exact) mass is 475 g/mol. The number of ether oxygens (including phenoxy) is 2. The molecule has 0 aliphatic rings. The van der Waals surface area contributed by atoms with E-state index in [1.54, 1.807) is 4.90 Å². The van der Waals surface area contributed by atoms with Crippen molar-refractivity contribution in [2.45, 2.75) is 99.0 Å². The van der Waals surface area contributed by atoms with Crippen molar-refractivity contribution in [1.82, 2.24) is 4.90 Å². The summed E-state index contributed by atoms with van der Waals surface area (Å²) < 4.78 is 12.3. The zero-order valence-electron chi connectivity index (χ0n) is 23.2. The minimum atomic E-state index is -0.543. The predicted octanol–water partition coefficient (Wildman–Crippen LogP) is 6.27. The van der Waals surface area contributed by atoms with Crippen LogP contribution in [0.25, 0.3) is 0 Å². The lowest BCUT2D eigenvalue weighted by molar-refractivity contribution is -0.133. The van der Waals surface area contributed by atoms with Gasteiger partial charge in [-0.2, -0.15) is 0 Å². The molecule has 0 radical (unpaired) electrons. The van der Waals surface area contributed by atoms with E-state index in [0.29, 0.717) is 0 Å². The van der Waals surface area contributed by atoms with Crippen LogP contribution in [-0.2, 0) is 21.4 Å². The molecule has 0 heterocycles. The third-order valence-electron chi connectivity index (χ3n) is 6.79. The maximum absolute atomic E-state index is 12.6. The third-order valence-corrected chi connectivity index (χ3v) is 6.79. The number of hydrogen-bond acceptors (Lipinski definition) is 4. The molecule has 1 unspecified atom stereocenters. The summed E-state index contributed by atoms with van der Waals surface area (Å²) in [4.78, 5) is 14.3. The van der Waals surface area contributed by atoms with Crippen LogP contribution in [0.3, 0.4) is 0 Å². The van der Waals surface area contributed by atoms with Gasteiger partial charge in [0.15, 0.2) is 6.61 Å². The van der Waals surface area contributed by atoms with E-state index < -0.39 is 6.10 Å². The van der Waals surface area contributed by atoms with Crippen molar-refractivity contribution in [3.63, 3.8) is 0 Å². The van der Waals surface area contributed by atoms with Crippen LogP contribution in [-0.4, -0.2) is 48.8 Å². The predicted molar refractivity (Wildman–Crippen MR) is 141 cm³/mol. The topological polar surface area (TPSA) is 59.0 Å². The van der Waals surface area contributed by atoms with E-state index in [2.05, 4.69) is 52.8 Å². The van der Waals surface area contributed by atoms with Crippen molar-refractivity contribution in [2.24, 2.45) is 5.41 Å². The first kappa shape index (κ1) is 30.0. The lowest BCUT2D eigenvalue weighted by Gasteiger charge is -2.35. The van der Waals surface area contributed by atoms with Crippen LogP contribution in [0.1, 0.15) is 92.2 Å². The van der Waals surface area contributed by atoms with E-state index >= 15 is 0 Å². The van der Waals surface area contributed by atoms with E-state index in [0.717, 1.165) is 55.7 Å². The van der Waals surface area contributed by atoms with Gasteiger partial charge in [-0.15, -0.1) is 0 Å². The Morgan fingerprint density at radius 2 is 1.76 bits per heavy atom. The molecule has 0 saturated heterocycles. The Morgan fingerprint density at radius 3 is 2.26 bits per heavy atom. The van der Waals surface area contributed by atoms with Crippen molar-refractivity contribution < 1.29 is 19.4 Å². The lowest BCUT2D eigenvalue weighted by atomic mass is 9.73. The molecule has 1 amide bonds. The molecule has 0 aromatic heterocycles. The molecule has 1 atom stereocenters. The number of likely N-dealkylation sites (N-methyl/N-ethyl adjacent to an activating group) is 1. The first-order valence-corrected chi connectivity index (χ1v) is 13.0. The van der Waals surface area contributed by atoms with Gasteiger partial charge in [0.25, 0.3) is 5.91 Å². The average molecular weight is 476 g/mol. The van der Waals surface area contributed by atoms with Crippen LogP contribution in [0.5, 0.6) is 5.75 Å². The SMILES string of the molecule is CC/C=C(\OCC(=O)N(C)CCC)C(CC)(CC)c1ccc(OCC(O)C(C)(C)C)c(CC)c1. The standard InChI is InChI=1S/C29H49NO4/c1-10-15-26(34-21-27(32)30(9)18-11-2)29(13-4,14-5)23-16-17-24(22(12-3)19-23)33-20-25(31)28(6,7)8/h15-17,19,25,31H,10-14,18,20-21H2,1-9H3/b26-15-. The number of aryl methyl sites for hydroxylation is 1. The second-order valence-electron chi connectivity index (χ2n) is 10.2. The quantitative estimate of drug-likeness (QED) is 0.322. The summed E-state index contributed by atoms with van der Waals surface area (Å²) in [7, 11) is 1.83. The Morgan fingerprint density at radius 1 is 1.12 bits per heavy atom. The first-order chi connectivity index (χ1) is 16.0. The maximum atomic E-state index is 12.6. The largest absolute Gasteiger partial charge is 0.491 e. The van der Waals surface area contributed by atoms with Crippen LogP contribution in [0, 0.1) is 5.41 Å². The molecular formula is C29H49NO4. The number of carbonyl (C=O) groups excluding carboxylic acids is 1. The molecule has 0 aliphatic carbocycles. The smallest absolute Gasteiger partial charge is 0.260 e. The third kappa shape index (κ3) is 7.76. The van der Waals surface area contributed by atoms with Gasteiger partial charge < -0.3 is 19.5 Å². The van der Waals surface area contributed by atoms with E-state index in [4.69, 9.17) is 9.47 Å². The number of aliphatic hydroxyl groups is 1. The molecule has 1 aromatic carbocycles. The molecule has 1 rings (SSSR count). The number of amides is 1. The second-order valence-corrected chi connectivity index (χ2v) is 10.2. The minimum absolute atomic E-state index is 0.000334. The minimum Gasteiger partial charge on any atom is -0.491 e. The number of allylic oxidation sites excluding steroid dienone is 2. The van der Waals surface area contributed by atoms with Crippen LogP contribution < -0.4 is 4.74 Å². The number of hydrogen-bond donors (Lipinski definition) is 1. The van der Waals surface area contributed by atoms with Gasteiger partial charge in [-0.05, 0) is 60.8 Å². The molecule has 5 nitrogen and oxygen atoms in total. The Bertz CT molecular complexity index is 790. The van der Waals surface area contributed by atoms with Gasteiger partial charge in [0.2, 0.25) is 0 Å². The molecule has 0 aliphatic heterocycles. The van der Waals surface area contributed by atoms with Crippen molar-refractivity contribution in [1.29, 1.82) is 0 Å². The molecule has 1 N–H and O–H groups in total. The van der Waals surface area contributed by atoms with Gasteiger partial charge in [0.1, 0.15) is 18.1 Å². The number of rotatable bonds is 14. The Kier molecular flexibility index (Phi) is 12.2. The van der Waals surface area contributed by atoms with E-state index in [-0.39, 0.29) is 30.0 Å². The summed E-state index contributed by atoms with van der Waals surface area (Å²) in [6, 6.07) is 6.35. The molecule has 1 aromatic rings. The molecule has 0 spiro atoms. The molecular weight excluding hydrogens is 426 g/mol. The number of benzene rings is 1. The second kappa shape index (κ2) is 13.8. The number of nitrogens with zero attached hydrogens (tertiary/aromatic N) is 1.